The fraction of sp³-hybridized carbons (Fsp3) is 0.500. The Balaban J connectivity index is 2.31. The number of primary amides is 1. The van der Waals surface area contributed by atoms with Crippen LogP contribution < -0.4 is 15.2 Å². The maximum absolute atomic E-state index is 12.5. The van der Waals surface area contributed by atoms with Gasteiger partial charge in [-0.15, -0.1) is 11.6 Å². The topological polar surface area (TPSA) is 98.5 Å². The summed E-state index contributed by atoms with van der Waals surface area (Å²) >= 11 is 6.16. The van der Waals surface area contributed by atoms with Gasteiger partial charge in [0.25, 0.3) is 0 Å². The zero-order valence-corrected chi connectivity index (χ0v) is 13.8. The highest BCUT2D eigenvalue weighted by Gasteiger charge is 2.35. The molecule has 0 heterocycles. The van der Waals surface area contributed by atoms with Crippen molar-refractivity contribution in [3.8, 4) is 5.75 Å². The van der Waals surface area contributed by atoms with E-state index in [9.17, 15) is 13.2 Å². The Morgan fingerprint density at radius 2 is 2.05 bits per heavy atom. The van der Waals surface area contributed by atoms with Crippen molar-refractivity contribution in [3.05, 3.63) is 23.8 Å². The van der Waals surface area contributed by atoms with Gasteiger partial charge < -0.3 is 10.5 Å². The largest absolute Gasteiger partial charge is 0.495 e. The van der Waals surface area contributed by atoms with Crippen molar-refractivity contribution in [1.82, 2.24) is 0 Å². The molecule has 1 saturated carbocycles. The molecule has 0 spiro atoms. The fourth-order valence-corrected chi connectivity index (χ4v) is 4.88. The Hall–Kier alpha value is -1.47. The van der Waals surface area contributed by atoms with Crippen LogP contribution in [0, 0.1) is 0 Å². The van der Waals surface area contributed by atoms with Crippen LogP contribution in [0.2, 0.25) is 0 Å². The fourth-order valence-electron chi connectivity index (χ4n) is 2.57. The number of nitrogens with two attached hydrogens (primary N) is 1. The molecule has 1 aromatic rings. The van der Waals surface area contributed by atoms with Crippen molar-refractivity contribution in [2.45, 2.75) is 36.3 Å². The van der Waals surface area contributed by atoms with E-state index in [1.54, 1.807) is 0 Å². The summed E-state index contributed by atoms with van der Waals surface area (Å²) in [6, 6.07) is 4.34. The molecule has 0 bridgehead atoms. The summed E-state index contributed by atoms with van der Waals surface area (Å²) in [6.45, 7) is 0. The molecular weight excluding hydrogens is 328 g/mol. The van der Waals surface area contributed by atoms with E-state index < -0.39 is 26.6 Å². The molecule has 2 rings (SSSR count). The first-order chi connectivity index (χ1) is 10.3. The monoisotopic (exact) mass is 346 g/mol. The summed E-state index contributed by atoms with van der Waals surface area (Å²) in [4.78, 5) is 11.3. The lowest BCUT2D eigenvalue weighted by molar-refractivity contribution is 0.100. The molecule has 6 nitrogen and oxygen atoms in total. The van der Waals surface area contributed by atoms with Gasteiger partial charge in [-0.3, -0.25) is 9.52 Å². The number of anilines is 1. The average molecular weight is 347 g/mol. The van der Waals surface area contributed by atoms with Gasteiger partial charge in [0.2, 0.25) is 15.9 Å². The van der Waals surface area contributed by atoms with Crippen LogP contribution in [-0.2, 0) is 10.0 Å². The lowest BCUT2D eigenvalue weighted by Crippen LogP contribution is -2.37. The minimum absolute atomic E-state index is 0.188. The summed E-state index contributed by atoms with van der Waals surface area (Å²) in [6.07, 6.45) is 2.95. The van der Waals surface area contributed by atoms with Gasteiger partial charge in [0.15, 0.2) is 0 Å². The van der Waals surface area contributed by atoms with E-state index in [1.807, 2.05) is 0 Å². The third-order valence-corrected chi connectivity index (χ3v) is 6.29. The number of hydrogen-bond acceptors (Lipinski definition) is 4. The van der Waals surface area contributed by atoms with E-state index in [0.717, 1.165) is 12.8 Å². The normalized spacial score (nSPS) is 22.1. The number of ether oxygens (including phenoxy) is 1. The van der Waals surface area contributed by atoms with Crippen LogP contribution in [-0.4, -0.2) is 32.1 Å². The molecule has 122 valence electrons. The van der Waals surface area contributed by atoms with Crippen molar-refractivity contribution in [2.24, 2.45) is 5.73 Å². The molecule has 0 unspecified atom stereocenters. The number of hydrogen-bond donors (Lipinski definition) is 2. The van der Waals surface area contributed by atoms with E-state index in [2.05, 4.69) is 4.72 Å². The van der Waals surface area contributed by atoms with Crippen LogP contribution in [0.5, 0.6) is 5.75 Å². The summed E-state index contributed by atoms with van der Waals surface area (Å²) in [5.41, 5.74) is 5.61. The number of nitrogens with one attached hydrogen (secondary N) is 1. The number of sulfonamides is 1. The van der Waals surface area contributed by atoms with Crippen LogP contribution >= 0.6 is 11.6 Å². The van der Waals surface area contributed by atoms with Crippen molar-refractivity contribution >= 4 is 33.2 Å². The number of rotatable bonds is 5. The number of carbonyl (C=O) groups excluding carboxylic acids is 1. The highest BCUT2D eigenvalue weighted by atomic mass is 35.5. The van der Waals surface area contributed by atoms with Gasteiger partial charge in [-0.25, -0.2) is 8.42 Å². The zero-order chi connectivity index (χ0) is 16.3. The van der Waals surface area contributed by atoms with Crippen LogP contribution in [0.4, 0.5) is 5.69 Å². The Morgan fingerprint density at radius 3 is 2.64 bits per heavy atom. The maximum atomic E-state index is 12.5. The SMILES string of the molecule is COc1ccc(C(N)=O)cc1NS(=O)(=O)[C@H]1CCCC[C@H]1Cl. The van der Waals surface area contributed by atoms with Gasteiger partial charge in [-0.2, -0.15) is 0 Å². The van der Waals surface area contributed by atoms with E-state index >= 15 is 0 Å². The van der Waals surface area contributed by atoms with Gasteiger partial charge in [0.05, 0.1) is 23.4 Å². The first-order valence-electron chi connectivity index (χ1n) is 6.98. The summed E-state index contributed by atoms with van der Waals surface area (Å²) in [5.74, 6) is -0.327. The first kappa shape index (κ1) is 16.9. The first-order valence-corrected chi connectivity index (χ1v) is 8.97. The minimum atomic E-state index is -3.67. The molecule has 1 fully saturated rings. The molecule has 0 radical (unpaired) electrons. The van der Waals surface area contributed by atoms with Gasteiger partial charge >= 0.3 is 0 Å². The lowest BCUT2D eigenvalue weighted by Gasteiger charge is -2.27. The van der Waals surface area contributed by atoms with Crippen LogP contribution in [0.25, 0.3) is 0 Å². The summed E-state index contributed by atoms with van der Waals surface area (Å²) in [7, 11) is -2.26. The van der Waals surface area contributed by atoms with Gasteiger partial charge in [0, 0.05) is 5.56 Å². The van der Waals surface area contributed by atoms with E-state index in [1.165, 1.54) is 25.3 Å². The number of carbonyl (C=O) groups is 1. The molecule has 0 saturated heterocycles. The van der Waals surface area contributed by atoms with Crippen molar-refractivity contribution < 1.29 is 17.9 Å². The van der Waals surface area contributed by atoms with Crippen LogP contribution in [0.1, 0.15) is 36.0 Å². The molecular formula is C14H19ClN2O4S. The Morgan fingerprint density at radius 1 is 1.36 bits per heavy atom. The number of alkyl halides is 1. The third kappa shape index (κ3) is 3.64. The Kier molecular flexibility index (Phi) is 5.18. The summed E-state index contributed by atoms with van der Waals surface area (Å²) < 4.78 is 32.7. The Bertz CT molecular complexity index is 663. The van der Waals surface area contributed by atoms with E-state index in [4.69, 9.17) is 22.1 Å². The zero-order valence-electron chi connectivity index (χ0n) is 12.2. The summed E-state index contributed by atoms with van der Waals surface area (Å²) in [5, 5.41) is -1.08. The van der Waals surface area contributed by atoms with Crippen LogP contribution in [0.15, 0.2) is 18.2 Å². The molecule has 1 aliphatic rings. The van der Waals surface area contributed by atoms with Crippen molar-refractivity contribution in [2.75, 3.05) is 11.8 Å². The number of halogens is 1. The van der Waals surface area contributed by atoms with E-state index in [0.29, 0.717) is 18.6 Å². The Labute approximate surface area is 135 Å². The molecule has 1 aromatic carbocycles. The number of amides is 1. The standard InChI is InChI=1S/C14H19ClN2O4S/c1-21-12-7-6-9(14(16)18)8-11(12)17-22(19,20)13-5-3-2-4-10(13)15/h6-8,10,13,17H,2-5H2,1H3,(H2,16,18)/t10-,13+/m1/s1. The van der Waals surface area contributed by atoms with Crippen LogP contribution in [0.3, 0.4) is 0 Å². The lowest BCUT2D eigenvalue weighted by atomic mass is 10.00. The predicted octanol–water partition coefficient (Wildman–Crippen LogP) is 2.09. The number of methoxy groups -OCH3 is 1. The third-order valence-electron chi connectivity index (χ3n) is 3.76. The van der Waals surface area contributed by atoms with Gasteiger partial charge in [-0.05, 0) is 31.0 Å². The smallest absolute Gasteiger partial charge is 0.248 e. The second-order valence-corrected chi connectivity index (χ2v) is 7.73. The van der Waals surface area contributed by atoms with Gasteiger partial charge in [0.1, 0.15) is 5.75 Å². The minimum Gasteiger partial charge on any atom is -0.495 e. The van der Waals surface area contributed by atoms with Crippen molar-refractivity contribution in [3.63, 3.8) is 0 Å². The van der Waals surface area contributed by atoms with Crippen molar-refractivity contribution in [1.29, 1.82) is 0 Å². The average Bonchev–Trinajstić information content (AvgIpc) is 2.47. The highest BCUT2D eigenvalue weighted by molar-refractivity contribution is 7.93. The molecule has 3 N–H and O–H groups in total. The predicted molar refractivity (Wildman–Crippen MR) is 86.0 cm³/mol. The second kappa shape index (κ2) is 6.75. The molecule has 1 amide bonds. The molecule has 0 aromatic heterocycles. The molecule has 0 aliphatic heterocycles. The number of benzene rings is 1. The molecule has 2 atom stereocenters. The second-order valence-electron chi connectivity index (χ2n) is 5.27. The van der Waals surface area contributed by atoms with E-state index in [-0.39, 0.29) is 11.3 Å². The quantitative estimate of drug-likeness (QED) is 0.797. The molecule has 8 heteroatoms. The van der Waals surface area contributed by atoms with Gasteiger partial charge in [-0.1, -0.05) is 12.8 Å². The molecule has 22 heavy (non-hydrogen) atoms. The highest BCUT2D eigenvalue weighted by Crippen LogP contribution is 2.32. The maximum Gasteiger partial charge on any atom is 0.248 e. The molecule has 1 aliphatic carbocycles.